The van der Waals surface area contributed by atoms with Crippen molar-refractivity contribution in [2.24, 2.45) is 0 Å². The van der Waals surface area contributed by atoms with Gasteiger partial charge in [-0.05, 0) is 56.5 Å². The number of rotatable bonds is 2. The van der Waals surface area contributed by atoms with E-state index in [9.17, 15) is 19.1 Å². The van der Waals surface area contributed by atoms with Crippen LogP contribution in [0.3, 0.4) is 0 Å². The van der Waals surface area contributed by atoms with Gasteiger partial charge in [-0.1, -0.05) is 6.07 Å². The summed E-state index contributed by atoms with van der Waals surface area (Å²) >= 11 is 0. The highest BCUT2D eigenvalue weighted by atomic mass is 19.1. The van der Waals surface area contributed by atoms with Gasteiger partial charge in [0.1, 0.15) is 22.9 Å². The summed E-state index contributed by atoms with van der Waals surface area (Å²) in [5.41, 5.74) is 0.842. The number of anilines is 1. The summed E-state index contributed by atoms with van der Waals surface area (Å²) < 4.78 is 15.5. The largest absolute Gasteiger partial charge is 0.506 e. The molecule has 0 saturated heterocycles. The number of nitrogens with one attached hydrogen (secondary N) is 1. The van der Waals surface area contributed by atoms with Gasteiger partial charge in [-0.15, -0.1) is 0 Å². The van der Waals surface area contributed by atoms with Gasteiger partial charge in [0, 0.05) is 17.1 Å². The lowest BCUT2D eigenvalue weighted by molar-refractivity contribution is 0.102. The van der Waals surface area contributed by atoms with Gasteiger partial charge in [0.25, 0.3) is 11.5 Å². The number of aromatic hydroxyl groups is 1. The van der Waals surface area contributed by atoms with E-state index >= 15 is 0 Å². The van der Waals surface area contributed by atoms with Crippen LogP contribution in [0.15, 0.2) is 35.1 Å². The van der Waals surface area contributed by atoms with E-state index < -0.39 is 28.6 Å². The molecule has 0 radical (unpaired) electrons. The Balaban J connectivity index is 1.94. The predicted molar refractivity (Wildman–Crippen MR) is 99.8 cm³/mol. The molecule has 0 spiro atoms. The molecule has 1 amide bonds. The first kappa shape index (κ1) is 17.2. The van der Waals surface area contributed by atoms with E-state index in [1.165, 1.54) is 10.6 Å². The maximum absolute atomic E-state index is 14.0. The SMILES string of the molecule is Cc1cccc(NC(=O)c2c(O)c3cc(F)cc4c3n(c2=O)[C@@H](C)CC4)n1. The van der Waals surface area contributed by atoms with E-state index in [2.05, 4.69) is 10.3 Å². The fourth-order valence-electron chi connectivity index (χ4n) is 3.68. The summed E-state index contributed by atoms with van der Waals surface area (Å²) in [5, 5.41) is 13.4. The summed E-state index contributed by atoms with van der Waals surface area (Å²) in [6, 6.07) is 7.45. The van der Waals surface area contributed by atoms with Gasteiger partial charge in [-0.2, -0.15) is 0 Å². The molecule has 1 aromatic carbocycles. The third kappa shape index (κ3) is 2.75. The number of carbonyl (C=O) groups is 1. The van der Waals surface area contributed by atoms with Crippen LogP contribution >= 0.6 is 0 Å². The zero-order valence-corrected chi connectivity index (χ0v) is 14.9. The zero-order chi connectivity index (χ0) is 19.3. The van der Waals surface area contributed by atoms with Crippen LogP contribution in [0.1, 0.15) is 41.0 Å². The smallest absolute Gasteiger partial charge is 0.267 e. The minimum atomic E-state index is -0.773. The van der Waals surface area contributed by atoms with E-state index in [0.717, 1.165) is 6.07 Å². The van der Waals surface area contributed by atoms with Crippen LogP contribution in [0.25, 0.3) is 10.9 Å². The molecule has 27 heavy (non-hydrogen) atoms. The maximum Gasteiger partial charge on any atom is 0.267 e. The van der Waals surface area contributed by atoms with E-state index in [1.54, 1.807) is 25.1 Å². The van der Waals surface area contributed by atoms with Crippen molar-refractivity contribution in [3.8, 4) is 5.75 Å². The summed E-state index contributed by atoms with van der Waals surface area (Å²) in [4.78, 5) is 30.0. The molecule has 3 heterocycles. The zero-order valence-electron chi connectivity index (χ0n) is 14.9. The van der Waals surface area contributed by atoms with Gasteiger partial charge in [0.05, 0.1) is 5.52 Å². The van der Waals surface area contributed by atoms with Crippen molar-refractivity contribution in [2.75, 3.05) is 5.32 Å². The molecule has 7 heteroatoms. The van der Waals surface area contributed by atoms with Crippen LogP contribution in [0.5, 0.6) is 5.75 Å². The molecule has 1 aliphatic rings. The summed E-state index contributed by atoms with van der Waals surface area (Å²) in [7, 11) is 0. The molecule has 4 rings (SSSR count). The standard InChI is InChI=1S/C20H18FN3O3/c1-10-4-3-5-15(22-10)23-19(26)16-18(25)14-9-13(21)8-12-7-6-11(2)24(17(12)14)20(16)27/h3-5,8-9,11,25H,6-7H2,1-2H3,(H,22,23,26)/t11-/m0/s1. The van der Waals surface area contributed by atoms with Gasteiger partial charge in [0.2, 0.25) is 0 Å². The number of pyridine rings is 2. The Hall–Kier alpha value is -3.22. The summed E-state index contributed by atoms with van der Waals surface area (Å²) in [6.07, 6.45) is 1.25. The normalized spacial score (nSPS) is 15.7. The molecule has 0 saturated carbocycles. The van der Waals surface area contributed by atoms with E-state index in [-0.39, 0.29) is 17.2 Å². The average molecular weight is 367 g/mol. The topological polar surface area (TPSA) is 84.2 Å². The molecular formula is C20H18FN3O3. The Morgan fingerprint density at radius 3 is 2.89 bits per heavy atom. The van der Waals surface area contributed by atoms with Crippen molar-refractivity contribution in [2.45, 2.75) is 32.7 Å². The number of hydrogen-bond acceptors (Lipinski definition) is 4. The second-order valence-corrected chi connectivity index (χ2v) is 6.87. The molecular weight excluding hydrogens is 349 g/mol. The van der Waals surface area contributed by atoms with Crippen molar-refractivity contribution in [3.63, 3.8) is 0 Å². The summed E-state index contributed by atoms with van der Waals surface area (Å²) in [5.74, 6) is -1.53. The molecule has 6 nitrogen and oxygen atoms in total. The van der Waals surface area contributed by atoms with Crippen molar-refractivity contribution < 1.29 is 14.3 Å². The molecule has 138 valence electrons. The third-order valence-corrected chi connectivity index (χ3v) is 4.95. The van der Waals surface area contributed by atoms with Crippen LogP contribution in [-0.4, -0.2) is 20.6 Å². The Labute approximate surface area is 154 Å². The number of benzene rings is 1. The van der Waals surface area contributed by atoms with Crippen LogP contribution in [0, 0.1) is 12.7 Å². The van der Waals surface area contributed by atoms with Gasteiger partial charge in [-0.3, -0.25) is 9.59 Å². The van der Waals surface area contributed by atoms with Gasteiger partial charge < -0.3 is 15.0 Å². The summed E-state index contributed by atoms with van der Waals surface area (Å²) in [6.45, 7) is 3.64. The van der Waals surface area contributed by atoms with E-state index in [0.29, 0.717) is 29.6 Å². The number of nitrogens with zero attached hydrogens (tertiary/aromatic N) is 2. The first-order chi connectivity index (χ1) is 12.9. The minimum absolute atomic E-state index is 0.165. The monoisotopic (exact) mass is 367 g/mol. The molecule has 2 N–H and O–H groups in total. The van der Waals surface area contributed by atoms with Crippen LogP contribution in [-0.2, 0) is 6.42 Å². The van der Waals surface area contributed by atoms with Crippen molar-refractivity contribution in [1.82, 2.24) is 9.55 Å². The molecule has 2 aromatic heterocycles. The molecule has 0 unspecified atom stereocenters. The lowest BCUT2D eigenvalue weighted by atomic mass is 9.95. The third-order valence-electron chi connectivity index (χ3n) is 4.95. The lowest BCUT2D eigenvalue weighted by Crippen LogP contribution is -2.33. The van der Waals surface area contributed by atoms with Crippen LogP contribution in [0.4, 0.5) is 10.2 Å². The van der Waals surface area contributed by atoms with Crippen LogP contribution < -0.4 is 10.9 Å². The number of carbonyl (C=O) groups excluding carboxylic acids is 1. The second-order valence-electron chi connectivity index (χ2n) is 6.87. The first-order valence-corrected chi connectivity index (χ1v) is 8.71. The molecule has 1 atom stereocenters. The molecule has 0 fully saturated rings. The Morgan fingerprint density at radius 1 is 1.37 bits per heavy atom. The number of aromatic nitrogens is 2. The maximum atomic E-state index is 14.0. The highest BCUT2D eigenvalue weighted by Crippen LogP contribution is 2.35. The molecule has 1 aliphatic heterocycles. The Morgan fingerprint density at radius 2 is 2.15 bits per heavy atom. The van der Waals surface area contributed by atoms with Crippen LogP contribution in [0.2, 0.25) is 0 Å². The lowest BCUT2D eigenvalue weighted by Gasteiger charge is -2.26. The minimum Gasteiger partial charge on any atom is -0.506 e. The van der Waals surface area contributed by atoms with Crippen molar-refractivity contribution in [1.29, 1.82) is 0 Å². The highest BCUT2D eigenvalue weighted by molar-refractivity contribution is 6.09. The number of amides is 1. The highest BCUT2D eigenvalue weighted by Gasteiger charge is 2.28. The van der Waals surface area contributed by atoms with Gasteiger partial charge in [-0.25, -0.2) is 9.37 Å². The Bertz CT molecular complexity index is 1150. The molecule has 3 aromatic rings. The molecule has 0 aliphatic carbocycles. The van der Waals surface area contributed by atoms with Gasteiger partial charge in [0.15, 0.2) is 0 Å². The number of hydrogen-bond donors (Lipinski definition) is 2. The first-order valence-electron chi connectivity index (χ1n) is 8.71. The second kappa shape index (κ2) is 6.19. The quantitative estimate of drug-likeness (QED) is 0.728. The predicted octanol–water partition coefficient (Wildman–Crippen LogP) is 3.31. The van der Waals surface area contributed by atoms with Gasteiger partial charge >= 0.3 is 0 Å². The van der Waals surface area contributed by atoms with Crippen molar-refractivity contribution >= 4 is 22.6 Å². The number of aryl methyl sites for hydroxylation is 2. The van der Waals surface area contributed by atoms with Crippen molar-refractivity contribution in [3.05, 3.63) is 63.3 Å². The fraction of sp³-hybridized carbons (Fsp3) is 0.250. The number of halogens is 1. The van der Waals surface area contributed by atoms with E-state index in [1.807, 2.05) is 6.92 Å². The Kier molecular flexibility index (Phi) is 3.95. The average Bonchev–Trinajstić information content (AvgIpc) is 2.60. The van der Waals surface area contributed by atoms with E-state index in [4.69, 9.17) is 0 Å². The molecule has 0 bridgehead atoms. The fourth-order valence-corrected chi connectivity index (χ4v) is 3.68.